The molecular formula is C9H18O4. The molecule has 0 saturated heterocycles. The van der Waals surface area contributed by atoms with E-state index in [2.05, 4.69) is 4.74 Å². The van der Waals surface area contributed by atoms with Crippen molar-refractivity contribution in [3.8, 4) is 0 Å². The summed E-state index contributed by atoms with van der Waals surface area (Å²) in [5.74, 6) is -0.859. The Hall–Kier alpha value is -1.06. The Bertz CT molecular complexity index is 152. The van der Waals surface area contributed by atoms with Crippen LogP contribution in [-0.2, 0) is 14.3 Å². The zero-order valence-electron chi connectivity index (χ0n) is 8.66. The second kappa shape index (κ2) is 9.03. The van der Waals surface area contributed by atoms with Crippen LogP contribution < -0.4 is 0 Å². The van der Waals surface area contributed by atoms with Gasteiger partial charge in [-0.05, 0) is 6.42 Å². The topological polar surface area (TPSA) is 63.6 Å². The minimum absolute atomic E-state index is 0.00463. The Labute approximate surface area is 78.9 Å². The number of ether oxygens (including phenoxy) is 1. The van der Waals surface area contributed by atoms with E-state index in [0.717, 1.165) is 6.42 Å². The molecule has 0 aromatic carbocycles. The highest BCUT2D eigenvalue weighted by molar-refractivity contribution is 5.71. The molecule has 13 heavy (non-hydrogen) atoms. The van der Waals surface area contributed by atoms with E-state index in [1.165, 1.54) is 7.11 Å². The fourth-order valence-corrected chi connectivity index (χ4v) is 0.450. The molecule has 0 unspecified atom stereocenters. The van der Waals surface area contributed by atoms with Gasteiger partial charge in [-0.25, -0.2) is 0 Å². The Morgan fingerprint density at radius 1 is 1.38 bits per heavy atom. The number of aliphatic carboxylic acids is 1. The normalized spacial score (nSPS) is 8.69. The Kier molecular flexibility index (Phi) is 10.0. The molecule has 0 aromatic heterocycles. The van der Waals surface area contributed by atoms with Gasteiger partial charge in [-0.15, -0.1) is 0 Å². The van der Waals surface area contributed by atoms with Crippen molar-refractivity contribution in [1.29, 1.82) is 0 Å². The lowest BCUT2D eigenvalue weighted by atomic mass is 10.2. The highest BCUT2D eigenvalue weighted by Gasteiger charge is 2.03. The fourth-order valence-electron chi connectivity index (χ4n) is 0.450. The number of carboxylic acids is 1. The summed E-state index contributed by atoms with van der Waals surface area (Å²) in [6, 6.07) is 0. The van der Waals surface area contributed by atoms with Crippen molar-refractivity contribution in [3.63, 3.8) is 0 Å². The van der Waals surface area contributed by atoms with Crippen LogP contribution in [0.2, 0.25) is 0 Å². The summed E-state index contributed by atoms with van der Waals surface area (Å²) >= 11 is 0. The van der Waals surface area contributed by atoms with Gasteiger partial charge in [-0.3, -0.25) is 9.59 Å². The molecule has 0 fully saturated rings. The Balaban J connectivity index is 0. The van der Waals surface area contributed by atoms with Crippen LogP contribution in [0, 0.1) is 5.92 Å². The number of carboxylic acid groups (broad SMARTS) is 1. The van der Waals surface area contributed by atoms with Crippen molar-refractivity contribution in [3.05, 3.63) is 0 Å². The third kappa shape index (κ3) is 13.9. The molecule has 0 aliphatic carbocycles. The van der Waals surface area contributed by atoms with Crippen LogP contribution >= 0.6 is 0 Å². The van der Waals surface area contributed by atoms with Crippen molar-refractivity contribution in [2.75, 3.05) is 7.11 Å². The molecule has 0 rings (SSSR count). The van der Waals surface area contributed by atoms with Gasteiger partial charge in [0.25, 0.3) is 0 Å². The maximum Gasteiger partial charge on any atom is 0.308 e. The van der Waals surface area contributed by atoms with Crippen LogP contribution in [0.5, 0.6) is 0 Å². The van der Waals surface area contributed by atoms with Gasteiger partial charge >= 0.3 is 11.9 Å². The minimum Gasteiger partial charge on any atom is -0.481 e. The molecule has 0 spiro atoms. The third-order valence-electron chi connectivity index (χ3n) is 1.14. The van der Waals surface area contributed by atoms with Crippen LogP contribution in [0.25, 0.3) is 0 Å². The molecule has 0 aliphatic heterocycles. The van der Waals surface area contributed by atoms with Crippen LogP contribution in [-0.4, -0.2) is 24.2 Å². The molecule has 0 bridgehead atoms. The van der Waals surface area contributed by atoms with Gasteiger partial charge in [0.15, 0.2) is 0 Å². The molecule has 0 atom stereocenters. The Morgan fingerprint density at radius 3 is 1.85 bits per heavy atom. The summed E-state index contributed by atoms with van der Waals surface area (Å²) in [4.78, 5) is 19.9. The first-order valence-corrected chi connectivity index (χ1v) is 4.25. The van der Waals surface area contributed by atoms with Crippen LogP contribution in [0.15, 0.2) is 0 Å². The number of hydrogen-bond donors (Lipinski definition) is 1. The lowest BCUT2D eigenvalue weighted by molar-refractivity contribution is -0.144. The van der Waals surface area contributed by atoms with Crippen molar-refractivity contribution in [2.45, 2.75) is 33.6 Å². The van der Waals surface area contributed by atoms with Crippen LogP contribution in [0.1, 0.15) is 33.6 Å². The molecule has 4 nitrogen and oxygen atoms in total. The number of carbonyl (C=O) groups is 2. The maximum absolute atomic E-state index is 10.3. The second-order valence-electron chi connectivity index (χ2n) is 2.82. The summed E-state index contributed by atoms with van der Waals surface area (Å²) in [6.45, 7) is 5.44. The van der Waals surface area contributed by atoms with Crippen molar-refractivity contribution < 1.29 is 19.4 Å². The largest absolute Gasteiger partial charge is 0.481 e. The molecule has 0 aromatic rings. The molecule has 4 heteroatoms. The van der Waals surface area contributed by atoms with E-state index < -0.39 is 5.97 Å². The van der Waals surface area contributed by atoms with Gasteiger partial charge in [0.1, 0.15) is 0 Å². The number of hydrogen-bond acceptors (Lipinski definition) is 3. The fraction of sp³-hybridized carbons (Fsp3) is 0.778. The van der Waals surface area contributed by atoms with Crippen LogP contribution in [0.4, 0.5) is 0 Å². The number of methoxy groups -OCH3 is 1. The second-order valence-corrected chi connectivity index (χ2v) is 2.82. The standard InChI is InChI=1S/C5H10O2.C4H8O2/c1-4(2)5(6)7-3;1-2-3-4(5)6/h4H,1-3H3;2-3H2,1H3,(H,5,6). The monoisotopic (exact) mass is 190 g/mol. The minimum atomic E-state index is -0.711. The first-order chi connectivity index (χ1) is 5.95. The van der Waals surface area contributed by atoms with Gasteiger partial charge < -0.3 is 9.84 Å². The average Bonchev–Trinajstić information content (AvgIpc) is 2.03. The van der Waals surface area contributed by atoms with E-state index in [9.17, 15) is 9.59 Å². The maximum atomic E-state index is 10.3. The van der Waals surface area contributed by atoms with Gasteiger partial charge in [0.2, 0.25) is 0 Å². The van der Waals surface area contributed by atoms with E-state index in [1.807, 2.05) is 6.92 Å². The van der Waals surface area contributed by atoms with Gasteiger partial charge in [-0.1, -0.05) is 20.8 Å². The number of esters is 1. The zero-order valence-corrected chi connectivity index (χ0v) is 8.66. The highest BCUT2D eigenvalue weighted by atomic mass is 16.5. The first-order valence-electron chi connectivity index (χ1n) is 4.25. The van der Waals surface area contributed by atoms with E-state index in [-0.39, 0.29) is 11.9 Å². The van der Waals surface area contributed by atoms with Crippen molar-refractivity contribution in [1.82, 2.24) is 0 Å². The highest BCUT2D eigenvalue weighted by Crippen LogP contribution is 1.91. The van der Waals surface area contributed by atoms with E-state index >= 15 is 0 Å². The number of rotatable bonds is 3. The summed E-state index contributed by atoms with van der Waals surface area (Å²) < 4.78 is 4.37. The first kappa shape index (κ1) is 14.5. The summed E-state index contributed by atoms with van der Waals surface area (Å²) in [7, 11) is 1.39. The van der Waals surface area contributed by atoms with Gasteiger partial charge in [0.05, 0.1) is 13.0 Å². The molecule has 0 saturated carbocycles. The van der Waals surface area contributed by atoms with Crippen molar-refractivity contribution >= 4 is 11.9 Å². The lowest BCUT2D eigenvalue weighted by Gasteiger charge is -1.97. The van der Waals surface area contributed by atoms with Crippen LogP contribution in [0.3, 0.4) is 0 Å². The smallest absolute Gasteiger partial charge is 0.308 e. The summed E-state index contributed by atoms with van der Waals surface area (Å²) in [5, 5.41) is 7.91. The van der Waals surface area contributed by atoms with Gasteiger partial charge in [-0.2, -0.15) is 0 Å². The third-order valence-corrected chi connectivity index (χ3v) is 1.14. The van der Waals surface area contributed by atoms with E-state index in [0.29, 0.717) is 6.42 Å². The predicted octanol–water partition coefficient (Wildman–Crippen LogP) is 1.69. The summed E-state index contributed by atoms with van der Waals surface area (Å²) in [6.07, 6.45) is 1.02. The molecule has 0 aliphatic rings. The van der Waals surface area contributed by atoms with E-state index in [1.54, 1.807) is 13.8 Å². The molecule has 0 amide bonds. The molecular weight excluding hydrogens is 172 g/mol. The quantitative estimate of drug-likeness (QED) is 0.688. The average molecular weight is 190 g/mol. The lowest BCUT2D eigenvalue weighted by Crippen LogP contribution is -2.07. The zero-order chi connectivity index (χ0) is 10.9. The SMILES string of the molecule is CCCC(=O)O.COC(=O)C(C)C. The molecule has 0 radical (unpaired) electrons. The molecule has 0 heterocycles. The molecule has 78 valence electrons. The van der Waals surface area contributed by atoms with E-state index in [4.69, 9.17) is 5.11 Å². The summed E-state index contributed by atoms with van der Waals surface area (Å²) in [5.41, 5.74) is 0. The molecule has 1 N–H and O–H groups in total. The Morgan fingerprint density at radius 2 is 1.85 bits per heavy atom. The predicted molar refractivity (Wildman–Crippen MR) is 49.4 cm³/mol. The van der Waals surface area contributed by atoms with Crippen molar-refractivity contribution in [2.24, 2.45) is 5.92 Å². The van der Waals surface area contributed by atoms with Gasteiger partial charge in [0, 0.05) is 6.42 Å². The number of carbonyl (C=O) groups excluding carboxylic acids is 1.